The minimum atomic E-state index is -0.448. The molecular formula is C16H22BN3O2S. The summed E-state index contributed by atoms with van der Waals surface area (Å²) >= 11 is 1.48. The molecule has 7 heteroatoms. The van der Waals surface area contributed by atoms with Gasteiger partial charge in [0.15, 0.2) is 5.13 Å². The Morgan fingerprint density at radius 2 is 1.91 bits per heavy atom. The molecule has 0 amide bonds. The van der Waals surface area contributed by atoms with E-state index >= 15 is 0 Å². The Morgan fingerprint density at radius 1 is 1.26 bits per heavy atom. The molecule has 1 fully saturated rings. The number of benzene rings is 1. The van der Waals surface area contributed by atoms with Crippen LogP contribution in [0, 0.1) is 0 Å². The second kappa shape index (κ2) is 5.59. The summed E-state index contributed by atoms with van der Waals surface area (Å²) in [4.78, 5) is 4.41. The molecule has 1 aliphatic rings. The maximum atomic E-state index is 6.09. The standard InChI is InChI=1S/C16H22BN3O2S/c1-15(2)16(3,4)22-17(21-15)11(9-18)8-10-6-5-7-12-13(10)20-14(19)23-12/h5-8H,9,18H2,1-4H3,(H2,19,20). The van der Waals surface area contributed by atoms with Crippen LogP contribution >= 0.6 is 11.3 Å². The van der Waals surface area contributed by atoms with Crippen molar-refractivity contribution in [2.45, 2.75) is 38.9 Å². The van der Waals surface area contributed by atoms with Gasteiger partial charge in [-0.3, -0.25) is 0 Å². The van der Waals surface area contributed by atoms with Gasteiger partial charge in [-0.2, -0.15) is 0 Å². The van der Waals surface area contributed by atoms with Crippen molar-refractivity contribution in [3.8, 4) is 0 Å². The van der Waals surface area contributed by atoms with Crippen molar-refractivity contribution < 1.29 is 9.31 Å². The number of hydrogen-bond acceptors (Lipinski definition) is 6. The molecule has 1 aliphatic heterocycles. The van der Waals surface area contributed by atoms with Crippen molar-refractivity contribution in [3.05, 3.63) is 29.2 Å². The average Bonchev–Trinajstić information content (AvgIpc) is 2.93. The van der Waals surface area contributed by atoms with Crippen molar-refractivity contribution in [3.63, 3.8) is 0 Å². The van der Waals surface area contributed by atoms with Gasteiger partial charge in [0, 0.05) is 12.1 Å². The molecule has 0 atom stereocenters. The Morgan fingerprint density at radius 3 is 2.52 bits per heavy atom. The molecule has 1 aromatic carbocycles. The number of hydrogen-bond donors (Lipinski definition) is 2. The van der Waals surface area contributed by atoms with E-state index in [-0.39, 0.29) is 11.2 Å². The zero-order valence-corrected chi connectivity index (χ0v) is 14.7. The second-order valence-electron chi connectivity index (χ2n) is 6.76. The van der Waals surface area contributed by atoms with E-state index in [2.05, 4.69) is 4.98 Å². The lowest BCUT2D eigenvalue weighted by atomic mass is 9.77. The van der Waals surface area contributed by atoms with Gasteiger partial charge < -0.3 is 20.8 Å². The van der Waals surface area contributed by atoms with Crippen molar-refractivity contribution in [2.75, 3.05) is 12.3 Å². The lowest BCUT2D eigenvalue weighted by Crippen LogP contribution is -2.41. The summed E-state index contributed by atoms with van der Waals surface area (Å²) in [6.45, 7) is 8.48. The lowest BCUT2D eigenvalue weighted by molar-refractivity contribution is 0.00578. The lowest BCUT2D eigenvalue weighted by Gasteiger charge is -2.32. The van der Waals surface area contributed by atoms with Crippen LogP contribution in [0.4, 0.5) is 5.13 Å². The first kappa shape index (κ1) is 16.5. The third kappa shape index (κ3) is 2.90. The number of para-hydroxylation sites is 1. The number of anilines is 1. The van der Waals surface area contributed by atoms with E-state index in [4.69, 9.17) is 20.8 Å². The Hall–Kier alpha value is -1.41. The van der Waals surface area contributed by atoms with E-state index in [1.807, 2.05) is 52.0 Å². The molecule has 0 spiro atoms. The van der Waals surface area contributed by atoms with E-state index in [1.165, 1.54) is 11.3 Å². The third-order valence-corrected chi connectivity index (χ3v) is 5.45. The number of nitrogens with two attached hydrogens (primary N) is 2. The molecule has 2 heterocycles. The molecule has 0 unspecified atom stereocenters. The number of nitrogens with zero attached hydrogens (tertiary/aromatic N) is 1. The minimum Gasteiger partial charge on any atom is -0.400 e. The summed E-state index contributed by atoms with van der Waals surface area (Å²) in [6, 6.07) is 6.00. The Kier molecular flexibility index (Phi) is 4.00. The summed E-state index contributed by atoms with van der Waals surface area (Å²) < 4.78 is 13.2. The minimum absolute atomic E-state index is 0.354. The van der Waals surface area contributed by atoms with Gasteiger partial charge in [-0.1, -0.05) is 29.5 Å². The predicted octanol–water partition coefficient (Wildman–Crippen LogP) is 2.85. The SMILES string of the molecule is CC1(C)OB(C(=Cc2cccc3sc(N)nc23)CN)OC1(C)C. The largest absolute Gasteiger partial charge is 0.491 e. The summed E-state index contributed by atoms with van der Waals surface area (Å²) in [6.07, 6.45) is 2.00. The summed E-state index contributed by atoms with van der Waals surface area (Å²) in [7, 11) is -0.448. The Labute approximate surface area is 140 Å². The van der Waals surface area contributed by atoms with Crippen LogP contribution in [0.5, 0.6) is 0 Å². The van der Waals surface area contributed by atoms with Crippen LogP contribution in [0.2, 0.25) is 0 Å². The fourth-order valence-electron chi connectivity index (χ4n) is 2.52. The van der Waals surface area contributed by atoms with Gasteiger partial charge in [0.25, 0.3) is 0 Å². The second-order valence-corrected chi connectivity index (χ2v) is 7.82. The van der Waals surface area contributed by atoms with Crippen LogP contribution in [0.25, 0.3) is 16.3 Å². The van der Waals surface area contributed by atoms with Crippen molar-refractivity contribution in [1.82, 2.24) is 4.98 Å². The molecule has 2 aromatic rings. The van der Waals surface area contributed by atoms with E-state index in [0.717, 1.165) is 21.3 Å². The molecule has 3 rings (SSSR count). The summed E-state index contributed by atoms with van der Waals surface area (Å²) in [5.74, 6) is 0. The average molecular weight is 331 g/mol. The van der Waals surface area contributed by atoms with Gasteiger partial charge in [-0.25, -0.2) is 4.98 Å². The highest BCUT2D eigenvalue weighted by Crippen LogP contribution is 2.39. The van der Waals surface area contributed by atoms with Gasteiger partial charge in [-0.05, 0) is 39.2 Å². The van der Waals surface area contributed by atoms with Crippen LogP contribution < -0.4 is 11.5 Å². The molecule has 0 bridgehead atoms. The zero-order chi connectivity index (χ0) is 16.8. The van der Waals surface area contributed by atoms with E-state index in [1.54, 1.807) is 0 Å². The highest BCUT2D eigenvalue weighted by Gasteiger charge is 2.52. The van der Waals surface area contributed by atoms with Crippen LogP contribution in [0.1, 0.15) is 33.3 Å². The van der Waals surface area contributed by atoms with Crippen molar-refractivity contribution >= 4 is 39.9 Å². The van der Waals surface area contributed by atoms with E-state index in [0.29, 0.717) is 11.7 Å². The topological polar surface area (TPSA) is 83.4 Å². The highest BCUT2D eigenvalue weighted by molar-refractivity contribution is 7.22. The maximum Gasteiger partial charge on any atom is 0.491 e. The number of nitrogen functional groups attached to an aromatic ring is 1. The van der Waals surface area contributed by atoms with Crippen LogP contribution in [0.3, 0.4) is 0 Å². The predicted molar refractivity (Wildman–Crippen MR) is 97.1 cm³/mol. The molecule has 0 aliphatic carbocycles. The zero-order valence-electron chi connectivity index (χ0n) is 13.9. The smallest absolute Gasteiger partial charge is 0.400 e. The fraction of sp³-hybridized carbons (Fsp3) is 0.438. The number of rotatable bonds is 3. The monoisotopic (exact) mass is 331 g/mol. The molecule has 1 aromatic heterocycles. The van der Waals surface area contributed by atoms with E-state index < -0.39 is 7.12 Å². The normalized spacial score (nSPS) is 20.4. The van der Waals surface area contributed by atoms with Gasteiger partial charge >= 0.3 is 7.12 Å². The van der Waals surface area contributed by atoms with Crippen LogP contribution in [0.15, 0.2) is 23.7 Å². The molecule has 0 radical (unpaired) electrons. The van der Waals surface area contributed by atoms with Gasteiger partial charge in [0.05, 0.1) is 21.4 Å². The Bertz CT molecular complexity index is 754. The number of thiazole rings is 1. The quantitative estimate of drug-likeness (QED) is 0.845. The molecule has 0 saturated carbocycles. The first-order valence-corrected chi connectivity index (χ1v) is 8.46. The van der Waals surface area contributed by atoms with Crippen LogP contribution in [-0.2, 0) is 9.31 Å². The van der Waals surface area contributed by atoms with E-state index in [9.17, 15) is 0 Å². The summed E-state index contributed by atoms with van der Waals surface area (Å²) in [5.41, 5.74) is 13.8. The van der Waals surface area contributed by atoms with Crippen LogP contribution in [-0.4, -0.2) is 29.8 Å². The first-order valence-electron chi connectivity index (χ1n) is 7.65. The van der Waals surface area contributed by atoms with Gasteiger partial charge in [0.2, 0.25) is 0 Å². The van der Waals surface area contributed by atoms with Gasteiger partial charge in [0.1, 0.15) is 0 Å². The maximum absolute atomic E-state index is 6.09. The number of aromatic nitrogens is 1. The molecular weight excluding hydrogens is 309 g/mol. The fourth-order valence-corrected chi connectivity index (χ4v) is 3.29. The molecule has 1 saturated heterocycles. The van der Waals surface area contributed by atoms with Crippen molar-refractivity contribution in [2.24, 2.45) is 5.73 Å². The third-order valence-electron chi connectivity index (χ3n) is 4.60. The van der Waals surface area contributed by atoms with Crippen molar-refractivity contribution in [1.29, 1.82) is 0 Å². The number of fused-ring (bicyclic) bond motifs is 1. The van der Waals surface area contributed by atoms with Gasteiger partial charge in [-0.15, -0.1) is 0 Å². The molecule has 23 heavy (non-hydrogen) atoms. The summed E-state index contributed by atoms with van der Waals surface area (Å²) in [5, 5.41) is 0.561. The molecule has 5 nitrogen and oxygen atoms in total. The highest BCUT2D eigenvalue weighted by atomic mass is 32.1. The molecule has 122 valence electrons. The molecule has 4 N–H and O–H groups in total. The Balaban J connectivity index is 1.99. The first-order chi connectivity index (χ1) is 10.7.